The number of carbonyl (C=O) groups is 1. The number of rotatable bonds is 6. The number of hydrogen-bond donors (Lipinski definition) is 1. The molecule has 0 fully saturated rings. The molecule has 0 aromatic heterocycles. The summed E-state index contributed by atoms with van der Waals surface area (Å²) in [6.07, 6.45) is -4.05. The van der Waals surface area contributed by atoms with Gasteiger partial charge in [-0.1, -0.05) is 6.07 Å². The molecule has 0 aliphatic heterocycles. The molecule has 0 aliphatic rings. The third-order valence-electron chi connectivity index (χ3n) is 2.48. The third-order valence-corrected chi connectivity index (χ3v) is 2.48. The summed E-state index contributed by atoms with van der Waals surface area (Å²) >= 11 is 0. The fraction of sp³-hybridized carbons (Fsp3) is 0.417. The maximum absolute atomic E-state index is 12.7. The standard InChI is InChI=1S/C12H13F4NO3/c1-19-8-4-3-7(5-9(8)20-2)6-17-11(18)12(15,16)10(13)14/h3-5,10H,6H2,1-2H3,(H,17,18). The highest BCUT2D eigenvalue weighted by atomic mass is 19.3. The minimum absolute atomic E-state index is 0.332. The number of nitrogens with one attached hydrogen (secondary N) is 1. The van der Waals surface area contributed by atoms with Crippen molar-refractivity contribution in [2.24, 2.45) is 0 Å². The Bertz CT molecular complexity index is 480. The van der Waals surface area contributed by atoms with Crippen LogP contribution >= 0.6 is 0 Å². The van der Waals surface area contributed by atoms with E-state index in [-0.39, 0.29) is 6.54 Å². The van der Waals surface area contributed by atoms with E-state index in [0.29, 0.717) is 17.1 Å². The minimum Gasteiger partial charge on any atom is -0.493 e. The van der Waals surface area contributed by atoms with Crippen LogP contribution in [0.25, 0.3) is 0 Å². The lowest BCUT2D eigenvalue weighted by Gasteiger charge is -2.15. The largest absolute Gasteiger partial charge is 0.493 e. The number of methoxy groups -OCH3 is 2. The van der Waals surface area contributed by atoms with Crippen LogP contribution in [-0.4, -0.2) is 32.5 Å². The van der Waals surface area contributed by atoms with E-state index < -0.39 is 18.3 Å². The zero-order chi connectivity index (χ0) is 15.3. The Morgan fingerprint density at radius 3 is 2.35 bits per heavy atom. The zero-order valence-corrected chi connectivity index (χ0v) is 10.8. The Morgan fingerprint density at radius 1 is 1.25 bits per heavy atom. The summed E-state index contributed by atoms with van der Waals surface area (Å²) in [7, 11) is 2.80. The second-order valence-corrected chi connectivity index (χ2v) is 3.80. The van der Waals surface area contributed by atoms with E-state index in [1.54, 1.807) is 5.32 Å². The lowest BCUT2D eigenvalue weighted by Crippen LogP contribution is -2.44. The first-order chi connectivity index (χ1) is 9.32. The molecule has 1 aromatic rings. The monoisotopic (exact) mass is 295 g/mol. The van der Waals surface area contributed by atoms with Crippen molar-refractivity contribution in [1.82, 2.24) is 5.32 Å². The van der Waals surface area contributed by atoms with Crippen LogP contribution in [0.3, 0.4) is 0 Å². The fourth-order valence-corrected chi connectivity index (χ4v) is 1.39. The van der Waals surface area contributed by atoms with Gasteiger partial charge in [0.1, 0.15) is 0 Å². The molecule has 0 radical (unpaired) electrons. The van der Waals surface area contributed by atoms with Gasteiger partial charge in [-0.3, -0.25) is 4.79 Å². The van der Waals surface area contributed by atoms with Crippen molar-refractivity contribution < 1.29 is 31.8 Å². The summed E-state index contributed by atoms with van der Waals surface area (Å²) < 4.78 is 59.3. The summed E-state index contributed by atoms with van der Waals surface area (Å²) in [6, 6.07) is 4.44. The molecular formula is C12H13F4NO3. The maximum Gasteiger partial charge on any atom is 0.383 e. The molecule has 0 unspecified atom stereocenters. The second kappa shape index (κ2) is 6.44. The predicted octanol–water partition coefficient (Wildman–Crippen LogP) is 2.22. The van der Waals surface area contributed by atoms with E-state index in [0.717, 1.165) is 0 Å². The molecule has 0 saturated heterocycles. The fourth-order valence-electron chi connectivity index (χ4n) is 1.39. The summed E-state index contributed by atoms with van der Waals surface area (Å²) in [4.78, 5) is 11.0. The Balaban J connectivity index is 2.73. The number of benzene rings is 1. The molecule has 20 heavy (non-hydrogen) atoms. The van der Waals surface area contributed by atoms with Gasteiger partial charge in [0.05, 0.1) is 14.2 Å². The molecule has 0 bridgehead atoms. The molecule has 1 aromatic carbocycles. The molecule has 0 atom stereocenters. The molecule has 0 saturated carbocycles. The minimum atomic E-state index is -4.71. The van der Waals surface area contributed by atoms with Crippen LogP contribution in [0, 0.1) is 0 Å². The first-order valence-corrected chi connectivity index (χ1v) is 5.48. The molecule has 8 heteroatoms. The van der Waals surface area contributed by atoms with Gasteiger partial charge in [-0.05, 0) is 17.7 Å². The predicted molar refractivity (Wildman–Crippen MR) is 62.3 cm³/mol. The molecule has 1 N–H and O–H groups in total. The van der Waals surface area contributed by atoms with E-state index in [1.807, 2.05) is 0 Å². The van der Waals surface area contributed by atoms with E-state index in [1.165, 1.54) is 32.4 Å². The topological polar surface area (TPSA) is 47.6 Å². The van der Waals surface area contributed by atoms with Crippen molar-refractivity contribution in [3.63, 3.8) is 0 Å². The number of hydrogen-bond acceptors (Lipinski definition) is 3. The summed E-state index contributed by atoms with van der Waals surface area (Å²) in [5.41, 5.74) is 0.404. The van der Waals surface area contributed by atoms with Gasteiger partial charge in [0.2, 0.25) is 0 Å². The number of amides is 1. The highest BCUT2D eigenvalue weighted by molar-refractivity contribution is 5.83. The van der Waals surface area contributed by atoms with E-state index in [4.69, 9.17) is 9.47 Å². The summed E-state index contributed by atoms with van der Waals surface area (Å²) in [5, 5.41) is 1.74. The van der Waals surface area contributed by atoms with Gasteiger partial charge in [-0.2, -0.15) is 8.78 Å². The number of halogens is 4. The molecule has 0 spiro atoms. The van der Waals surface area contributed by atoms with Gasteiger partial charge < -0.3 is 14.8 Å². The average Bonchev–Trinajstić information content (AvgIpc) is 2.43. The highest BCUT2D eigenvalue weighted by Crippen LogP contribution is 2.28. The maximum atomic E-state index is 12.7. The second-order valence-electron chi connectivity index (χ2n) is 3.80. The number of ether oxygens (including phenoxy) is 2. The van der Waals surface area contributed by atoms with Gasteiger partial charge in [0.15, 0.2) is 11.5 Å². The van der Waals surface area contributed by atoms with Crippen LogP contribution in [0.1, 0.15) is 5.56 Å². The van der Waals surface area contributed by atoms with Crippen molar-refractivity contribution >= 4 is 5.91 Å². The first-order valence-electron chi connectivity index (χ1n) is 5.48. The lowest BCUT2D eigenvalue weighted by molar-refractivity contribution is -0.169. The van der Waals surface area contributed by atoms with Crippen LogP contribution in [-0.2, 0) is 11.3 Å². The Labute approximate surface area is 112 Å². The Morgan fingerprint density at radius 2 is 1.85 bits per heavy atom. The SMILES string of the molecule is COc1ccc(CNC(=O)C(F)(F)C(F)F)cc1OC. The summed E-state index contributed by atoms with van der Waals surface area (Å²) in [6.45, 7) is -0.332. The van der Waals surface area contributed by atoms with Gasteiger partial charge >= 0.3 is 12.3 Å². The number of alkyl halides is 4. The van der Waals surface area contributed by atoms with Crippen LogP contribution in [0.5, 0.6) is 11.5 Å². The molecule has 4 nitrogen and oxygen atoms in total. The van der Waals surface area contributed by atoms with Crippen LogP contribution in [0.15, 0.2) is 18.2 Å². The Kier molecular flexibility index (Phi) is 5.18. The van der Waals surface area contributed by atoms with Crippen molar-refractivity contribution in [3.05, 3.63) is 23.8 Å². The van der Waals surface area contributed by atoms with Crippen molar-refractivity contribution in [2.75, 3.05) is 14.2 Å². The number of carbonyl (C=O) groups excluding carboxylic acids is 1. The van der Waals surface area contributed by atoms with Gasteiger partial charge in [-0.25, -0.2) is 8.78 Å². The third kappa shape index (κ3) is 3.52. The summed E-state index contributed by atoms with van der Waals surface area (Å²) in [5.74, 6) is -5.99. The highest BCUT2D eigenvalue weighted by Gasteiger charge is 2.48. The molecule has 0 aliphatic carbocycles. The Hall–Kier alpha value is -1.99. The molecule has 0 heterocycles. The lowest BCUT2D eigenvalue weighted by atomic mass is 10.2. The quantitative estimate of drug-likeness (QED) is 0.819. The van der Waals surface area contributed by atoms with E-state index in [2.05, 4.69) is 0 Å². The van der Waals surface area contributed by atoms with Crippen molar-refractivity contribution in [1.29, 1.82) is 0 Å². The normalized spacial score (nSPS) is 11.3. The first kappa shape index (κ1) is 16.1. The zero-order valence-electron chi connectivity index (χ0n) is 10.8. The van der Waals surface area contributed by atoms with Crippen molar-refractivity contribution in [3.8, 4) is 11.5 Å². The van der Waals surface area contributed by atoms with Crippen LogP contribution < -0.4 is 14.8 Å². The van der Waals surface area contributed by atoms with E-state index in [9.17, 15) is 22.4 Å². The molecular weight excluding hydrogens is 282 g/mol. The van der Waals surface area contributed by atoms with E-state index >= 15 is 0 Å². The average molecular weight is 295 g/mol. The van der Waals surface area contributed by atoms with Crippen molar-refractivity contribution in [2.45, 2.75) is 18.9 Å². The molecule has 1 rings (SSSR count). The van der Waals surface area contributed by atoms with Crippen LogP contribution in [0.4, 0.5) is 17.6 Å². The smallest absolute Gasteiger partial charge is 0.383 e. The molecule has 1 amide bonds. The molecule has 112 valence electrons. The van der Waals surface area contributed by atoms with Crippen LogP contribution in [0.2, 0.25) is 0 Å². The van der Waals surface area contributed by atoms with Gasteiger partial charge in [0.25, 0.3) is 5.91 Å². The van der Waals surface area contributed by atoms with Gasteiger partial charge in [0, 0.05) is 6.54 Å². The van der Waals surface area contributed by atoms with Gasteiger partial charge in [-0.15, -0.1) is 0 Å².